The molecule has 8 heteroatoms. The first kappa shape index (κ1) is 24.8. The van der Waals surface area contributed by atoms with Crippen LogP contribution in [0.3, 0.4) is 0 Å². The van der Waals surface area contributed by atoms with Crippen LogP contribution in [0, 0.1) is 5.41 Å². The summed E-state index contributed by atoms with van der Waals surface area (Å²) in [6.07, 6.45) is 0.439. The molecule has 0 aliphatic carbocycles. The Balaban J connectivity index is 1.59. The molecule has 0 bridgehead atoms. The smallest absolute Gasteiger partial charge is 0.239 e. The van der Waals surface area contributed by atoms with E-state index >= 15 is 0 Å². The summed E-state index contributed by atoms with van der Waals surface area (Å²) in [6, 6.07) is 15.2. The number of thiazole rings is 1. The van der Waals surface area contributed by atoms with Gasteiger partial charge in [0.25, 0.3) is 0 Å². The highest BCUT2D eigenvalue weighted by Crippen LogP contribution is 2.30. The maximum atomic E-state index is 12.7. The second-order valence-corrected chi connectivity index (χ2v) is 11.1. The van der Waals surface area contributed by atoms with E-state index in [-0.39, 0.29) is 22.5 Å². The Morgan fingerprint density at radius 3 is 2.61 bits per heavy atom. The van der Waals surface area contributed by atoms with Crippen molar-refractivity contribution < 1.29 is 14.3 Å². The first-order valence-electron chi connectivity index (χ1n) is 10.6. The predicted octanol–water partition coefficient (Wildman–Crippen LogP) is 6.31. The zero-order valence-electron chi connectivity index (χ0n) is 19.5. The van der Waals surface area contributed by atoms with Gasteiger partial charge in [-0.25, -0.2) is 4.98 Å². The molecule has 174 valence electrons. The molecule has 0 spiro atoms. The standard InChI is InChI=1S/C25H29N3O3S2/c1-16(33-20-11-7-9-18(13-20)26-22(29)14-25(2,3)4)23(30)28-24-27-21(15-32-24)17-8-6-10-19(12-17)31-5/h6-13,15-16H,14H2,1-5H3,(H,26,29)(H,27,28,30). The average Bonchev–Trinajstić information content (AvgIpc) is 3.21. The minimum absolute atomic E-state index is 0.0222. The van der Waals surface area contributed by atoms with Gasteiger partial charge in [-0.2, -0.15) is 0 Å². The van der Waals surface area contributed by atoms with E-state index in [4.69, 9.17) is 4.74 Å². The number of nitrogens with one attached hydrogen (secondary N) is 2. The molecular formula is C25H29N3O3S2. The Labute approximate surface area is 203 Å². The van der Waals surface area contributed by atoms with Crippen molar-refractivity contribution in [2.24, 2.45) is 5.41 Å². The molecule has 2 aromatic carbocycles. The highest BCUT2D eigenvalue weighted by atomic mass is 32.2. The summed E-state index contributed by atoms with van der Waals surface area (Å²) >= 11 is 2.81. The molecule has 1 heterocycles. The fourth-order valence-electron chi connectivity index (χ4n) is 3.04. The molecule has 6 nitrogen and oxygen atoms in total. The Morgan fingerprint density at radius 1 is 1.12 bits per heavy atom. The number of hydrogen-bond donors (Lipinski definition) is 2. The number of rotatable bonds is 8. The lowest BCUT2D eigenvalue weighted by atomic mass is 9.92. The van der Waals surface area contributed by atoms with Crippen molar-refractivity contribution in [3.05, 3.63) is 53.9 Å². The number of methoxy groups -OCH3 is 1. The molecule has 3 aromatic rings. The minimum atomic E-state index is -0.338. The maximum Gasteiger partial charge on any atom is 0.239 e. The summed E-state index contributed by atoms with van der Waals surface area (Å²) in [5, 5.41) is 7.96. The summed E-state index contributed by atoms with van der Waals surface area (Å²) in [4.78, 5) is 30.4. The van der Waals surface area contributed by atoms with Crippen molar-refractivity contribution in [1.82, 2.24) is 4.98 Å². The molecule has 2 amide bonds. The van der Waals surface area contributed by atoms with Gasteiger partial charge in [0.1, 0.15) is 5.75 Å². The Kier molecular flexibility index (Phi) is 8.15. The summed E-state index contributed by atoms with van der Waals surface area (Å²) < 4.78 is 5.27. The van der Waals surface area contributed by atoms with Crippen LogP contribution in [0.2, 0.25) is 0 Å². The van der Waals surface area contributed by atoms with E-state index in [0.717, 1.165) is 27.6 Å². The van der Waals surface area contributed by atoms with Crippen LogP contribution in [0.5, 0.6) is 5.75 Å². The van der Waals surface area contributed by atoms with Gasteiger partial charge in [0.2, 0.25) is 11.8 Å². The van der Waals surface area contributed by atoms with Crippen molar-refractivity contribution >= 4 is 45.7 Å². The summed E-state index contributed by atoms with van der Waals surface area (Å²) in [5.74, 6) is 0.604. The highest BCUT2D eigenvalue weighted by Gasteiger charge is 2.18. The molecule has 1 atom stereocenters. The van der Waals surface area contributed by atoms with E-state index < -0.39 is 0 Å². The van der Waals surface area contributed by atoms with Crippen LogP contribution in [0.25, 0.3) is 11.3 Å². The highest BCUT2D eigenvalue weighted by molar-refractivity contribution is 8.00. The molecule has 0 aliphatic heterocycles. The maximum absolute atomic E-state index is 12.7. The zero-order chi connectivity index (χ0) is 24.0. The van der Waals surface area contributed by atoms with Crippen LogP contribution in [0.1, 0.15) is 34.1 Å². The lowest BCUT2D eigenvalue weighted by Gasteiger charge is -2.17. The monoisotopic (exact) mass is 483 g/mol. The summed E-state index contributed by atoms with van der Waals surface area (Å²) in [5.41, 5.74) is 2.36. The molecule has 33 heavy (non-hydrogen) atoms. The molecule has 0 radical (unpaired) electrons. The first-order chi connectivity index (χ1) is 15.6. The molecule has 0 saturated carbocycles. The SMILES string of the molecule is COc1cccc(-c2csc(NC(=O)C(C)Sc3cccc(NC(=O)CC(C)(C)C)c3)n2)c1. The van der Waals surface area contributed by atoms with Crippen LogP contribution in [-0.2, 0) is 9.59 Å². The van der Waals surface area contributed by atoms with Crippen LogP contribution in [0.4, 0.5) is 10.8 Å². The van der Waals surface area contributed by atoms with Gasteiger partial charge in [0, 0.05) is 27.9 Å². The third kappa shape index (κ3) is 7.61. The number of carbonyl (C=O) groups is 2. The Morgan fingerprint density at radius 2 is 1.88 bits per heavy atom. The molecule has 0 fully saturated rings. The second kappa shape index (κ2) is 10.9. The van der Waals surface area contributed by atoms with Crippen molar-refractivity contribution in [3.8, 4) is 17.0 Å². The van der Waals surface area contributed by atoms with Gasteiger partial charge in [-0.15, -0.1) is 23.1 Å². The summed E-state index contributed by atoms with van der Waals surface area (Å²) in [7, 11) is 1.63. The van der Waals surface area contributed by atoms with E-state index in [1.165, 1.54) is 23.1 Å². The van der Waals surface area contributed by atoms with Crippen molar-refractivity contribution in [3.63, 3.8) is 0 Å². The quantitative estimate of drug-likeness (QED) is 0.367. The lowest BCUT2D eigenvalue weighted by molar-refractivity contribution is -0.118. The van der Waals surface area contributed by atoms with Crippen LogP contribution < -0.4 is 15.4 Å². The van der Waals surface area contributed by atoms with Crippen molar-refractivity contribution in [2.45, 2.75) is 44.3 Å². The van der Waals surface area contributed by atoms with Crippen LogP contribution in [0.15, 0.2) is 58.8 Å². The Hall–Kier alpha value is -2.84. The number of aromatic nitrogens is 1. The number of anilines is 2. The number of ether oxygens (including phenoxy) is 1. The molecule has 3 rings (SSSR count). The number of benzene rings is 2. The summed E-state index contributed by atoms with van der Waals surface area (Å²) in [6.45, 7) is 7.94. The first-order valence-corrected chi connectivity index (χ1v) is 12.4. The molecule has 0 aliphatic rings. The topological polar surface area (TPSA) is 80.3 Å². The van der Waals surface area contributed by atoms with E-state index in [9.17, 15) is 9.59 Å². The molecule has 1 aromatic heterocycles. The van der Waals surface area contributed by atoms with Gasteiger partial charge in [-0.05, 0) is 42.7 Å². The number of thioether (sulfide) groups is 1. The van der Waals surface area contributed by atoms with E-state index in [1.807, 2.05) is 81.6 Å². The number of nitrogens with zero attached hydrogens (tertiary/aromatic N) is 1. The largest absolute Gasteiger partial charge is 0.497 e. The normalized spacial score (nSPS) is 12.2. The minimum Gasteiger partial charge on any atom is -0.497 e. The Bertz CT molecular complexity index is 1120. The average molecular weight is 484 g/mol. The van der Waals surface area contributed by atoms with Crippen molar-refractivity contribution in [1.29, 1.82) is 0 Å². The van der Waals surface area contributed by atoms with Crippen LogP contribution >= 0.6 is 23.1 Å². The van der Waals surface area contributed by atoms with Crippen molar-refractivity contribution in [2.75, 3.05) is 17.7 Å². The van der Waals surface area contributed by atoms with Gasteiger partial charge in [-0.1, -0.05) is 39.0 Å². The molecule has 1 unspecified atom stereocenters. The van der Waals surface area contributed by atoms with Crippen LogP contribution in [-0.4, -0.2) is 29.2 Å². The third-order valence-electron chi connectivity index (χ3n) is 4.59. The molecule has 2 N–H and O–H groups in total. The number of carbonyl (C=O) groups excluding carboxylic acids is 2. The molecular weight excluding hydrogens is 454 g/mol. The van der Waals surface area contributed by atoms with E-state index in [1.54, 1.807) is 7.11 Å². The van der Waals surface area contributed by atoms with Gasteiger partial charge >= 0.3 is 0 Å². The van der Waals surface area contributed by atoms with E-state index in [2.05, 4.69) is 15.6 Å². The zero-order valence-corrected chi connectivity index (χ0v) is 21.1. The fourth-order valence-corrected chi connectivity index (χ4v) is 4.69. The second-order valence-electron chi connectivity index (χ2n) is 8.83. The lowest BCUT2D eigenvalue weighted by Crippen LogP contribution is -2.22. The molecule has 0 saturated heterocycles. The van der Waals surface area contributed by atoms with Gasteiger partial charge in [0.05, 0.1) is 18.1 Å². The predicted molar refractivity (Wildman–Crippen MR) is 137 cm³/mol. The fraction of sp³-hybridized carbons (Fsp3) is 0.320. The third-order valence-corrected chi connectivity index (χ3v) is 6.44. The number of amides is 2. The van der Waals surface area contributed by atoms with Gasteiger partial charge in [0.15, 0.2) is 5.13 Å². The van der Waals surface area contributed by atoms with Gasteiger partial charge in [-0.3, -0.25) is 9.59 Å². The number of hydrogen-bond acceptors (Lipinski definition) is 6. The van der Waals surface area contributed by atoms with E-state index in [0.29, 0.717) is 11.6 Å². The van der Waals surface area contributed by atoms with Gasteiger partial charge < -0.3 is 15.4 Å².